The van der Waals surface area contributed by atoms with Crippen LogP contribution in [0.2, 0.25) is 5.02 Å². The lowest BCUT2D eigenvalue weighted by molar-refractivity contribution is 0.0475. The van der Waals surface area contributed by atoms with Gasteiger partial charge >= 0.3 is 5.97 Å². The Morgan fingerprint density at radius 2 is 2.30 bits per heavy atom. The number of benzene rings is 1. The topological polar surface area (TPSA) is 78.1 Å². The Bertz CT molecular complexity index is 844. The molecule has 9 heteroatoms. The van der Waals surface area contributed by atoms with E-state index in [9.17, 15) is 9.18 Å². The van der Waals surface area contributed by atoms with Crippen LogP contribution in [0.25, 0.3) is 11.4 Å². The van der Waals surface area contributed by atoms with Gasteiger partial charge in [0.1, 0.15) is 30.1 Å². The number of hydrogen-bond acceptors (Lipinski definition) is 7. The number of carbonyl (C=O) groups excluding carboxylic acids is 1. The Labute approximate surface area is 139 Å². The highest BCUT2D eigenvalue weighted by Gasteiger charge is 2.22. The lowest BCUT2D eigenvalue weighted by Crippen LogP contribution is -2.06. The molecule has 0 aliphatic heterocycles. The number of halogens is 2. The van der Waals surface area contributed by atoms with Gasteiger partial charge in [-0.2, -0.15) is 0 Å². The average Bonchev–Trinajstić information content (AvgIpc) is 3.14. The summed E-state index contributed by atoms with van der Waals surface area (Å²) in [7, 11) is 0. The minimum Gasteiger partial charge on any atom is -0.456 e. The molecule has 0 atom stereocenters. The highest BCUT2D eigenvalue weighted by atomic mass is 35.5. The van der Waals surface area contributed by atoms with Crippen molar-refractivity contribution in [1.82, 2.24) is 14.6 Å². The normalized spacial score (nSPS) is 10.7. The molecule has 0 saturated carbocycles. The molecule has 0 aliphatic carbocycles. The van der Waals surface area contributed by atoms with Crippen molar-refractivity contribution < 1.29 is 18.3 Å². The Balaban J connectivity index is 1.79. The van der Waals surface area contributed by atoms with Gasteiger partial charge in [-0.15, -0.1) is 5.10 Å². The molecule has 0 radical (unpaired) electrons. The second kappa shape index (κ2) is 6.43. The third kappa shape index (κ3) is 3.22. The fourth-order valence-electron chi connectivity index (χ4n) is 1.84. The van der Waals surface area contributed by atoms with Crippen LogP contribution in [0.5, 0.6) is 0 Å². The largest absolute Gasteiger partial charge is 0.456 e. The van der Waals surface area contributed by atoms with E-state index in [1.807, 2.05) is 0 Å². The number of hydrogen-bond donors (Lipinski definition) is 0. The van der Waals surface area contributed by atoms with Gasteiger partial charge in [0, 0.05) is 12.5 Å². The van der Waals surface area contributed by atoms with Crippen molar-refractivity contribution >= 4 is 29.1 Å². The maximum atomic E-state index is 13.7. The van der Waals surface area contributed by atoms with Crippen molar-refractivity contribution in [3.05, 3.63) is 51.6 Å². The van der Waals surface area contributed by atoms with Gasteiger partial charge in [0.15, 0.2) is 10.8 Å². The van der Waals surface area contributed by atoms with Gasteiger partial charge in [-0.25, -0.2) is 14.2 Å². The summed E-state index contributed by atoms with van der Waals surface area (Å²) in [5.41, 5.74) is 0.752. The number of ether oxygens (including phenoxy) is 1. The summed E-state index contributed by atoms with van der Waals surface area (Å²) >= 11 is 6.75. The van der Waals surface area contributed by atoms with Gasteiger partial charge < -0.3 is 9.15 Å². The van der Waals surface area contributed by atoms with Crippen LogP contribution in [0.15, 0.2) is 28.9 Å². The first-order valence-corrected chi connectivity index (χ1v) is 7.56. The standard InChI is InChI=1S/C14H9ClFN3O3S/c1-7-17-11(6-21-7)12-13(23-19-18-12)14(20)22-5-8-9(15)3-2-4-10(8)16/h2-4,6H,5H2,1H3. The summed E-state index contributed by atoms with van der Waals surface area (Å²) in [6, 6.07) is 4.24. The summed E-state index contributed by atoms with van der Waals surface area (Å²) in [5.74, 6) is -0.791. The van der Waals surface area contributed by atoms with E-state index < -0.39 is 11.8 Å². The Kier molecular flexibility index (Phi) is 4.35. The highest BCUT2D eigenvalue weighted by Crippen LogP contribution is 2.25. The van der Waals surface area contributed by atoms with Gasteiger partial charge in [0.2, 0.25) is 0 Å². The average molecular weight is 354 g/mol. The molecular formula is C14H9ClFN3O3S. The van der Waals surface area contributed by atoms with Gasteiger partial charge in [0.25, 0.3) is 0 Å². The van der Waals surface area contributed by atoms with Gasteiger partial charge in [-0.3, -0.25) is 0 Å². The van der Waals surface area contributed by atoms with Crippen molar-refractivity contribution in [2.75, 3.05) is 0 Å². The van der Waals surface area contributed by atoms with E-state index in [1.165, 1.54) is 24.5 Å². The number of rotatable bonds is 4. The number of aryl methyl sites for hydroxylation is 1. The smallest absolute Gasteiger partial charge is 0.352 e. The number of aromatic nitrogens is 3. The molecule has 118 valence electrons. The van der Waals surface area contributed by atoms with E-state index in [2.05, 4.69) is 14.6 Å². The number of nitrogens with zero attached hydrogens (tertiary/aromatic N) is 3. The van der Waals surface area contributed by atoms with Crippen molar-refractivity contribution in [2.24, 2.45) is 0 Å². The van der Waals surface area contributed by atoms with Crippen molar-refractivity contribution in [2.45, 2.75) is 13.5 Å². The van der Waals surface area contributed by atoms with Crippen LogP contribution in [0.3, 0.4) is 0 Å². The molecule has 0 saturated heterocycles. The first-order valence-electron chi connectivity index (χ1n) is 6.41. The zero-order valence-corrected chi connectivity index (χ0v) is 13.3. The van der Waals surface area contributed by atoms with Crippen LogP contribution in [0.1, 0.15) is 21.1 Å². The summed E-state index contributed by atoms with van der Waals surface area (Å²) in [6.07, 6.45) is 1.37. The first kappa shape index (κ1) is 15.6. The molecule has 23 heavy (non-hydrogen) atoms. The fraction of sp³-hybridized carbons (Fsp3) is 0.143. The van der Waals surface area contributed by atoms with E-state index in [-0.39, 0.29) is 27.8 Å². The number of esters is 1. The van der Waals surface area contributed by atoms with Crippen LogP contribution in [-0.4, -0.2) is 20.5 Å². The molecule has 0 spiro atoms. The monoisotopic (exact) mass is 353 g/mol. The van der Waals surface area contributed by atoms with Crippen LogP contribution in [-0.2, 0) is 11.3 Å². The third-order valence-corrected chi connectivity index (χ3v) is 4.00. The Morgan fingerprint density at radius 3 is 3.00 bits per heavy atom. The van der Waals surface area contributed by atoms with E-state index in [1.54, 1.807) is 6.92 Å². The molecule has 0 bridgehead atoms. The maximum absolute atomic E-state index is 13.7. The molecule has 3 rings (SSSR count). The van der Waals surface area contributed by atoms with Gasteiger partial charge in [-0.05, 0) is 23.7 Å². The van der Waals surface area contributed by atoms with Gasteiger partial charge in [0.05, 0.1) is 5.02 Å². The van der Waals surface area contributed by atoms with E-state index in [0.717, 1.165) is 11.5 Å². The zero-order valence-electron chi connectivity index (χ0n) is 11.7. The fourth-order valence-corrected chi connectivity index (χ4v) is 2.62. The molecular weight excluding hydrogens is 345 g/mol. The summed E-state index contributed by atoms with van der Waals surface area (Å²) < 4.78 is 27.6. The minimum absolute atomic E-state index is 0.110. The third-order valence-electron chi connectivity index (χ3n) is 2.94. The molecule has 3 aromatic rings. The van der Waals surface area contributed by atoms with Crippen LogP contribution >= 0.6 is 23.1 Å². The van der Waals surface area contributed by atoms with Crippen LogP contribution in [0.4, 0.5) is 4.39 Å². The maximum Gasteiger partial charge on any atom is 0.352 e. The van der Waals surface area contributed by atoms with E-state index >= 15 is 0 Å². The number of oxazole rings is 1. The summed E-state index contributed by atoms with van der Waals surface area (Å²) in [4.78, 5) is 16.4. The molecule has 0 fully saturated rings. The quantitative estimate of drug-likeness (QED) is 0.666. The minimum atomic E-state index is -0.685. The van der Waals surface area contributed by atoms with Crippen molar-refractivity contribution in [3.63, 3.8) is 0 Å². The molecule has 6 nitrogen and oxygen atoms in total. The van der Waals surface area contributed by atoms with E-state index in [4.69, 9.17) is 20.8 Å². The second-order valence-corrected chi connectivity index (χ2v) is 5.64. The lowest BCUT2D eigenvalue weighted by atomic mass is 10.2. The number of carbonyl (C=O) groups is 1. The van der Waals surface area contributed by atoms with Crippen molar-refractivity contribution in [3.8, 4) is 11.4 Å². The van der Waals surface area contributed by atoms with E-state index in [0.29, 0.717) is 11.6 Å². The van der Waals surface area contributed by atoms with Gasteiger partial charge in [-0.1, -0.05) is 22.2 Å². The van der Waals surface area contributed by atoms with Crippen LogP contribution < -0.4 is 0 Å². The summed E-state index contributed by atoms with van der Waals surface area (Å²) in [5, 5.41) is 4.04. The highest BCUT2D eigenvalue weighted by molar-refractivity contribution is 7.08. The molecule has 0 unspecified atom stereocenters. The first-order chi connectivity index (χ1) is 11.1. The molecule has 1 aromatic carbocycles. The van der Waals surface area contributed by atoms with Crippen LogP contribution in [0, 0.1) is 12.7 Å². The Hall–Kier alpha value is -2.32. The SMILES string of the molecule is Cc1nc(-c2nnsc2C(=O)OCc2c(F)cccc2Cl)co1. The predicted octanol–water partition coefficient (Wildman–Crippen LogP) is 3.65. The predicted molar refractivity (Wildman–Crippen MR) is 80.7 cm³/mol. The molecule has 0 N–H and O–H groups in total. The molecule has 2 heterocycles. The van der Waals surface area contributed by atoms with Crippen molar-refractivity contribution in [1.29, 1.82) is 0 Å². The molecule has 0 aliphatic rings. The molecule has 0 amide bonds. The zero-order chi connectivity index (χ0) is 16.4. The Morgan fingerprint density at radius 1 is 1.48 bits per heavy atom. The molecule has 2 aromatic heterocycles. The second-order valence-electron chi connectivity index (χ2n) is 4.48. The lowest BCUT2D eigenvalue weighted by Gasteiger charge is -2.06. The summed E-state index contributed by atoms with van der Waals surface area (Å²) in [6.45, 7) is 1.38.